The Kier molecular flexibility index (Phi) is 2.45. The lowest BCUT2D eigenvalue weighted by Crippen LogP contribution is -2.53. The monoisotopic (exact) mass is 218 g/mol. The van der Waals surface area contributed by atoms with Crippen molar-refractivity contribution in [3.8, 4) is 0 Å². The standard InChI is InChI=1S/C7H10N2O6/c1-8-5(10)3-13-6-4(15-9(11)12)2-14-7(6)8/h4,6-7H,2-3H2,1H3/t4-,6-,7+/m1/s1. The molecule has 2 aliphatic rings. The van der Waals surface area contributed by atoms with E-state index in [9.17, 15) is 14.9 Å². The molecule has 2 saturated heterocycles. The first-order valence-corrected chi connectivity index (χ1v) is 4.39. The first-order valence-electron chi connectivity index (χ1n) is 4.39. The number of carbonyl (C=O) groups is 1. The molecule has 2 rings (SSSR count). The van der Waals surface area contributed by atoms with Gasteiger partial charge in [0.2, 0.25) is 5.91 Å². The molecule has 0 unspecified atom stereocenters. The van der Waals surface area contributed by atoms with Gasteiger partial charge in [0.1, 0.15) is 12.7 Å². The maximum atomic E-state index is 11.2. The molecule has 3 atom stereocenters. The Morgan fingerprint density at radius 3 is 3.00 bits per heavy atom. The van der Waals surface area contributed by atoms with Gasteiger partial charge >= 0.3 is 0 Å². The summed E-state index contributed by atoms with van der Waals surface area (Å²) in [6.45, 7) is -0.0491. The van der Waals surface area contributed by atoms with Crippen LogP contribution >= 0.6 is 0 Å². The number of ether oxygens (including phenoxy) is 2. The van der Waals surface area contributed by atoms with E-state index in [4.69, 9.17) is 9.47 Å². The van der Waals surface area contributed by atoms with Gasteiger partial charge in [-0.25, -0.2) is 0 Å². The number of hydrogen-bond donors (Lipinski definition) is 0. The fraction of sp³-hybridized carbons (Fsp3) is 0.857. The highest BCUT2D eigenvalue weighted by Crippen LogP contribution is 2.26. The molecule has 0 aromatic heterocycles. The Labute approximate surface area is 84.8 Å². The van der Waals surface area contributed by atoms with Crippen molar-refractivity contribution in [3.63, 3.8) is 0 Å². The van der Waals surface area contributed by atoms with Crippen LogP contribution in [0.2, 0.25) is 0 Å². The molecule has 0 spiro atoms. The summed E-state index contributed by atoms with van der Waals surface area (Å²) in [4.78, 5) is 27.2. The van der Waals surface area contributed by atoms with Crippen LogP contribution in [0.4, 0.5) is 0 Å². The Hall–Kier alpha value is -1.41. The van der Waals surface area contributed by atoms with Crippen LogP contribution in [0.15, 0.2) is 0 Å². The molecule has 0 saturated carbocycles. The molecule has 0 aromatic carbocycles. The number of hydrogen-bond acceptors (Lipinski definition) is 6. The van der Waals surface area contributed by atoms with Crippen LogP contribution in [-0.2, 0) is 19.1 Å². The predicted octanol–water partition coefficient (Wildman–Crippen LogP) is -1.22. The van der Waals surface area contributed by atoms with Gasteiger partial charge in [-0.1, -0.05) is 0 Å². The first-order chi connectivity index (χ1) is 7.09. The zero-order chi connectivity index (χ0) is 11.0. The third-order valence-electron chi connectivity index (χ3n) is 2.47. The average molecular weight is 218 g/mol. The van der Waals surface area contributed by atoms with Crippen molar-refractivity contribution in [1.29, 1.82) is 0 Å². The number of amides is 1. The highest BCUT2D eigenvalue weighted by Gasteiger charge is 2.47. The summed E-state index contributed by atoms with van der Waals surface area (Å²) in [5, 5.41) is 9.29. The fourth-order valence-electron chi connectivity index (χ4n) is 1.70. The summed E-state index contributed by atoms with van der Waals surface area (Å²) in [5.41, 5.74) is 0. The van der Waals surface area contributed by atoms with Crippen LogP contribution in [0.25, 0.3) is 0 Å². The highest BCUT2D eigenvalue weighted by atomic mass is 17.0. The van der Waals surface area contributed by atoms with E-state index in [0.717, 1.165) is 0 Å². The zero-order valence-corrected chi connectivity index (χ0v) is 7.99. The largest absolute Gasteiger partial charge is 0.361 e. The molecule has 1 amide bonds. The number of fused-ring (bicyclic) bond motifs is 1. The number of carbonyl (C=O) groups excluding carboxylic acids is 1. The van der Waals surface area contributed by atoms with Crippen molar-refractivity contribution in [2.75, 3.05) is 20.3 Å². The molecule has 84 valence electrons. The average Bonchev–Trinajstić information content (AvgIpc) is 2.55. The van der Waals surface area contributed by atoms with Crippen molar-refractivity contribution in [2.24, 2.45) is 0 Å². The van der Waals surface area contributed by atoms with Crippen LogP contribution in [0, 0.1) is 10.1 Å². The van der Waals surface area contributed by atoms with E-state index < -0.39 is 23.5 Å². The molecule has 8 nitrogen and oxygen atoms in total. The molecule has 2 aliphatic heterocycles. The number of morpholine rings is 1. The lowest BCUT2D eigenvalue weighted by atomic mass is 10.2. The highest BCUT2D eigenvalue weighted by molar-refractivity contribution is 5.78. The SMILES string of the molecule is CN1C(=O)CO[C@@H]2[C@H](O[N+](=O)[O-])CO[C@@H]21. The molecular formula is C7H10N2O6. The van der Waals surface area contributed by atoms with Gasteiger partial charge < -0.3 is 19.2 Å². The summed E-state index contributed by atoms with van der Waals surface area (Å²) in [6, 6.07) is 0. The van der Waals surface area contributed by atoms with Crippen molar-refractivity contribution in [2.45, 2.75) is 18.4 Å². The molecule has 2 heterocycles. The molecule has 0 aliphatic carbocycles. The summed E-state index contributed by atoms with van der Waals surface area (Å²) < 4.78 is 10.4. The first kappa shape index (κ1) is 10.1. The molecule has 15 heavy (non-hydrogen) atoms. The van der Waals surface area contributed by atoms with Crippen molar-refractivity contribution >= 4 is 5.91 Å². The quantitative estimate of drug-likeness (QED) is 0.426. The predicted molar refractivity (Wildman–Crippen MR) is 44.1 cm³/mol. The maximum Gasteiger partial charge on any atom is 0.294 e. The summed E-state index contributed by atoms with van der Waals surface area (Å²) in [6.07, 6.45) is -1.94. The van der Waals surface area contributed by atoms with E-state index in [1.54, 1.807) is 7.05 Å². The Morgan fingerprint density at radius 1 is 1.60 bits per heavy atom. The molecule has 2 fully saturated rings. The van der Waals surface area contributed by atoms with E-state index in [1.807, 2.05) is 0 Å². The van der Waals surface area contributed by atoms with Crippen LogP contribution < -0.4 is 0 Å². The summed E-state index contributed by atoms with van der Waals surface area (Å²) in [7, 11) is 1.57. The van der Waals surface area contributed by atoms with Gasteiger partial charge in [-0.05, 0) is 0 Å². The maximum absolute atomic E-state index is 11.2. The second-order valence-electron chi connectivity index (χ2n) is 3.37. The smallest absolute Gasteiger partial charge is 0.294 e. The van der Waals surface area contributed by atoms with Gasteiger partial charge in [-0.3, -0.25) is 4.79 Å². The molecule has 8 heteroatoms. The van der Waals surface area contributed by atoms with Crippen LogP contribution in [-0.4, -0.2) is 54.6 Å². The van der Waals surface area contributed by atoms with E-state index in [1.165, 1.54) is 4.90 Å². The van der Waals surface area contributed by atoms with Crippen LogP contribution in [0.3, 0.4) is 0 Å². The lowest BCUT2D eigenvalue weighted by molar-refractivity contribution is -0.769. The van der Waals surface area contributed by atoms with Gasteiger partial charge in [0.25, 0.3) is 5.09 Å². The number of nitrogens with zero attached hydrogens (tertiary/aromatic N) is 2. The Morgan fingerprint density at radius 2 is 2.33 bits per heavy atom. The van der Waals surface area contributed by atoms with Gasteiger partial charge in [0.15, 0.2) is 12.3 Å². The molecule has 0 bridgehead atoms. The Balaban J connectivity index is 2.05. The van der Waals surface area contributed by atoms with Gasteiger partial charge in [0, 0.05) is 7.05 Å². The van der Waals surface area contributed by atoms with Crippen LogP contribution in [0.1, 0.15) is 0 Å². The van der Waals surface area contributed by atoms with E-state index in [-0.39, 0.29) is 19.1 Å². The summed E-state index contributed by atoms with van der Waals surface area (Å²) in [5.74, 6) is -0.210. The van der Waals surface area contributed by atoms with Crippen molar-refractivity contribution < 1.29 is 24.2 Å². The normalized spacial score (nSPS) is 35.1. The van der Waals surface area contributed by atoms with Gasteiger partial charge in [-0.15, -0.1) is 10.1 Å². The second kappa shape index (κ2) is 3.63. The van der Waals surface area contributed by atoms with Gasteiger partial charge in [0.05, 0.1) is 6.61 Å². The molecule has 0 aromatic rings. The third-order valence-corrected chi connectivity index (χ3v) is 2.47. The minimum Gasteiger partial charge on any atom is -0.361 e. The van der Waals surface area contributed by atoms with Crippen molar-refractivity contribution in [1.82, 2.24) is 4.90 Å². The minimum absolute atomic E-state index is 0.0495. The van der Waals surface area contributed by atoms with E-state index >= 15 is 0 Å². The lowest BCUT2D eigenvalue weighted by Gasteiger charge is -2.34. The molecule has 0 N–H and O–H groups in total. The molecular weight excluding hydrogens is 208 g/mol. The molecule has 0 radical (unpaired) electrons. The fourth-order valence-corrected chi connectivity index (χ4v) is 1.70. The summed E-state index contributed by atoms with van der Waals surface area (Å²) >= 11 is 0. The van der Waals surface area contributed by atoms with Gasteiger partial charge in [-0.2, -0.15) is 0 Å². The van der Waals surface area contributed by atoms with E-state index in [2.05, 4.69) is 4.84 Å². The van der Waals surface area contributed by atoms with Crippen LogP contribution in [0.5, 0.6) is 0 Å². The number of rotatable bonds is 2. The third kappa shape index (κ3) is 1.73. The Bertz CT molecular complexity index is 295. The van der Waals surface area contributed by atoms with E-state index in [0.29, 0.717) is 0 Å². The number of likely N-dealkylation sites (N-methyl/N-ethyl adjacent to an activating group) is 1. The second-order valence-corrected chi connectivity index (χ2v) is 3.37. The topological polar surface area (TPSA) is 91.1 Å². The minimum atomic E-state index is -0.879. The van der Waals surface area contributed by atoms with Crippen molar-refractivity contribution in [3.05, 3.63) is 10.1 Å². The zero-order valence-electron chi connectivity index (χ0n) is 7.99.